The van der Waals surface area contributed by atoms with Crippen LogP contribution in [0.4, 0.5) is 5.69 Å². The Morgan fingerprint density at radius 3 is 2.90 bits per heavy atom. The molecule has 0 aliphatic carbocycles. The summed E-state index contributed by atoms with van der Waals surface area (Å²) in [7, 11) is 3.53. The van der Waals surface area contributed by atoms with Crippen molar-refractivity contribution in [3.8, 4) is 5.88 Å². The molecule has 0 aliphatic heterocycles. The van der Waals surface area contributed by atoms with Crippen molar-refractivity contribution < 1.29 is 9.84 Å². The van der Waals surface area contributed by atoms with Gasteiger partial charge in [-0.1, -0.05) is 6.92 Å². The van der Waals surface area contributed by atoms with Gasteiger partial charge in [0.1, 0.15) is 0 Å². The van der Waals surface area contributed by atoms with Crippen molar-refractivity contribution in [1.82, 2.24) is 19.6 Å². The van der Waals surface area contributed by atoms with Crippen LogP contribution < -0.4 is 10.1 Å². The summed E-state index contributed by atoms with van der Waals surface area (Å²) in [6.45, 7) is 3.28. The molecule has 0 spiro atoms. The fourth-order valence-corrected chi connectivity index (χ4v) is 2.19. The molecule has 0 atom stereocenters. The van der Waals surface area contributed by atoms with Gasteiger partial charge in [0.25, 0.3) is 0 Å². The molecule has 2 heterocycles. The van der Waals surface area contributed by atoms with Crippen LogP contribution in [-0.2, 0) is 26.6 Å². The number of nitrogens with zero attached hydrogens (tertiary/aromatic N) is 4. The highest BCUT2D eigenvalue weighted by molar-refractivity contribution is 5.42. The lowest BCUT2D eigenvalue weighted by Gasteiger charge is -2.06. The van der Waals surface area contributed by atoms with Crippen molar-refractivity contribution >= 4 is 5.69 Å². The Hall–Kier alpha value is -2.02. The molecule has 2 aromatic rings. The maximum Gasteiger partial charge on any atom is 0.216 e. The van der Waals surface area contributed by atoms with Crippen LogP contribution in [-0.4, -0.2) is 38.4 Å². The summed E-state index contributed by atoms with van der Waals surface area (Å²) < 4.78 is 8.85. The second kappa shape index (κ2) is 6.42. The molecule has 0 radical (unpaired) electrons. The van der Waals surface area contributed by atoms with E-state index >= 15 is 0 Å². The molecule has 7 nitrogen and oxygen atoms in total. The molecule has 0 amide bonds. The molecule has 0 aromatic carbocycles. The predicted molar refractivity (Wildman–Crippen MR) is 75.8 cm³/mol. The summed E-state index contributed by atoms with van der Waals surface area (Å²) in [6, 6.07) is 0. The number of anilines is 1. The number of aromatic nitrogens is 4. The summed E-state index contributed by atoms with van der Waals surface area (Å²) in [5.41, 5.74) is 3.00. The average Bonchev–Trinajstić information content (AvgIpc) is 3.00. The van der Waals surface area contributed by atoms with Crippen LogP contribution in [0, 0.1) is 0 Å². The van der Waals surface area contributed by atoms with E-state index in [4.69, 9.17) is 9.84 Å². The third-order valence-corrected chi connectivity index (χ3v) is 3.13. The van der Waals surface area contributed by atoms with Gasteiger partial charge in [0.05, 0.1) is 43.4 Å². The van der Waals surface area contributed by atoms with Gasteiger partial charge in [-0.15, -0.1) is 0 Å². The van der Waals surface area contributed by atoms with E-state index in [1.807, 2.05) is 13.2 Å². The van der Waals surface area contributed by atoms with E-state index in [2.05, 4.69) is 22.4 Å². The predicted octanol–water partition coefficient (Wildman–Crippen LogP) is 0.792. The topological polar surface area (TPSA) is 77.1 Å². The molecule has 20 heavy (non-hydrogen) atoms. The van der Waals surface area contributed by atoms with E-state index in [1.165, 1.54) is 0 Å². The molecule has 2 aromatic heterocycles. The van der Waals surface area contributed by atoms with Crippen LogP contribution in [0.15, 0.2) is 12.4 Å². The average molecular weight is 279 g/mol. The number of methoxy groups -OCH3 is 1. The minimum absolute atomic E-state index is 0.0809. The zero-order valence-electron chi connectivity index (χ0n) is 12.1. The second-order valence-electron chi connectivity index (χ2n) is 4.48. The molecule has 110 valence electrons. The van der Waals surface area contributed by atoms with Crippen molar-refractivity contribution in [2.75, 3.05) is 19.0 Å². The first-order chi connectivity index (χ1) is 9.69. The van der Waals surface area contributed by atoms with E-state index in [-0.39, 0.29) is 6.61 Å². The van der Waals surface area contributed by atoms with Crippen LogP contribution in [0.2, 0.25) is 0 Å². The SMILES string of the molecule is CCc1nn(C)c(OC)c1CNc1cnn(CCO)c1. The molecule has 2 rings (SSSR count). The summed E-state index contributed by atoms with van der Waals surface area (Å²) in [5, 5.41) is 20.8. The minimum atomic E-state index is 0.0809. The normalized spacial score (nSPS) is 10.8. The van der Waals surface area contributed by atoms with Crippen LogP contribution in [0.25, 0.3) is 0 Å². The first-order valence-corrected chi connectivity index (χ1v) is 6.65. The van der Waals surface area contributed by atoms with Gasteiger partial charge < -0.3 is 15.2 Å². The minimum Gasteiger partial charge on any atom is -0.481 e. The highest BCUT2D eigenvalue weighted by atomic mass is 16.5. The molecule has 0 aliphatic rings. The van der Waals surface area contributed by atoms with E-state index < -0.39 is 0 Å². The lowest BCUT2D eigenvalue weighted by molar-refractivity contribution is 0.269. The molecule has 7 heteroatoms. The van der Waals surface area contributed by atoms with Gasteiger partial charge in [0, 0.05) is 19.8 Å². The molecular weight excluding hydrogens is 258 g/mol. The number of hydrogen-bond acceptors (Lipinski definition) is 5. The van der Waals surface area contributed by atoms with E-state index in [9.17, 15) is 0 Å². The summed E-state index contributed by atoms with van der Waals surface area (Å²) in [5.74, 6) is 0.775. The number of aliphatic hydroxyl groups excluding tert-OH is 1. The summed E-state index contributed by atoms with van der Waals surface area (Å²) >= 11 is 0. The van der Waals surface area contributed by atoms with Gasteiger partial charge in [-0.2, -0.15) is 10.2 Å². The zero-order chi connectivity index (χ0) is 14.5. The molecule has 0 bridgehead atoms. The molecule has 0 unspecified atom stereocenters. The van der Waals surface area contributed by atoms with E-state index in [1.54, 1.807) is 22.7 Å². The van der Waals surface area contributed by atoms with Crippen LogP contribution in [0.5, 0.6) is 5.88 Å². The number of nitrogens with one attached hydrogen (secondary N) is 1. The number of rotatable bonds is 7. The maximum absolute atomic E-state index is 8.87. The maximum atomic E-state index is 8.87. The van der Waals surface area contributed by atoms with Crippen molar-refractivity contribution in [3.05, 3.63) is 23.7 Å². The summed E-state index contributed by atoms with van der Waals surface area (Å²) in [6.07, 6.45) is 4.47. The summed E-state index contributed by atoms with van der Waals surface area (Å²) in [4.78, 5) is 0. The Bertz CT molecular complexity index is 561. The fraction of sp³-hybridized carbons (Fsp3) is 0.538. The van der Waals surface area contributed by atoms with Gasteiger partial charge in [0.2, 0.25) is 5.88 Å². The number of ether oxygens (including phenoxy) is 1. The fourth-order valence-electron chi connectivity index (χ4n) is 2.19. The van der Waals surface area contributed by atoms with Crippen LogP contribution >= 0.6 is 0 Å². The highest BCUT2D eigenvalue weighted by Gasteiger charge is 2.15. The van der Waals surface area contributed by atoms with E-state index in [0.29, 0.717) is 13.1 Å². The number of aryl methyl sites for hydroxylation is 2. The third-order valence-electron chi connectivity index (χ3n) is 3.13. The van der Waals surface area contributed by atoms with Crippen LogP contribution in [0.1, 0.15) is 18.2 Å². The molecular formula is C13H21N5O2. The molecule has 2 N–H and O–H groups in total. The quantitative estimate of drug-likeness (QED) is 0.783. The van der Waals surface area contributed by atoms with Gasteiger partial charge in [-0.3, -0.25) is 4.68 Å². The van der Waals surface area contributed by atoms with Gasteiger partial charge >= 0.3 is 0 Å². The Labute approximate surface area is 118 Å². The first kappa shape index (κ1) is 14.4. The van der Waals surface area contributed by atoms with Crippen LogP contribution in [0.3, 0.4) is 0 Å². The number of aliphatic hydroxyl groups is 1. The smallest absolute Gasteiger partial charge is 0.216 e. The van der Waals surface area contributed by atoms with E-state index in [0.717, 1.165) is 29.2 Å². The second-order valence-corrected chi connectivity index (χ2v) is 4.48. The van der Waals surface area contributed by atoms with Crippen molar-refractivity contribution in [2.45, 2.75) is 26.4 Å². The molecule has 0 saturated heterocycles. The lowest BCUT2D eigenvalue weighted by atomic mass is 10.2. The Kier molecular flexibility index (Phi) is 4.62. The van der Waals surface area contributed by atoms with Gasteiger partial charge in [-0.25, -0.2) is 4.68 Å². The van der Waals surface area contributed by atoms with Gasteiger partial charge in [0.15, 0.2) is 0 Å². The molecule has 0 fully saturated rings. The Morgan fingerprint density at radius 1 is 1.45 bits per heavy atom. The highest BCUT2D eigenvalue weighted by Crippen LogP contribution is 2.23. The van der Waals surface area contributed by atoms with Crippen molar-refractivity contribution in [3.63, 3.8) is 0 Å². The largest absolute Gasteiger partial charge is 0.481 e. The molecule has 0 saturated carbocycles. The monoisotopic (exact) mass is 279 g/mol. The number of hydrogen-bond donors (Lipinski definition) is 2. The zero-order valence-corrected chi connectivity index (χ0v) is 12.1. The third kappa shape index (κ3) is 2.93. The first-order valence-electron chi connectivity index (χ1n) is 6.65. The lowest BCUT2D eigenvalue weighted by Crippen LogP contribution is -2.04. The van der Waals surface area contributed by atoms with Crippen molar-refractivity contribution in [2.24, 2.45) is 7.05 Å². The Balaban J connectivity index is 2.09. The van der Waals surface area contributed by atoms with Gasteiger partial charge in [-0.05, 0) is 6.42 Å². The van der Waals surface area contributed by atoms with Crippen molar-refractivity contribution in [1.29, 1.82) is 0 Å². The standard InChI is InChI=1S/C13H21N5O2/c1-4-12-11(13(20-3)17(2)16-12)8-14-10-7-15-18(9-10)5-6-19/h7,9,14,19H,4-6,8H2,1-3H3. The Morgan fingerprint density at radius 2 is 2.25 bits per heavy atom.